The van der Waals surface area contributed by atoms with Gasteiger partial charge in [-0.25, -0.2) is 0 Å². The molecule has 2 amide bonds. The van der Waals surface area contributed by atoms with Gasteiger partial charge in [-0.1, -0.05) is 18.0 Å². The summed E-state index contributed by atoms with van der Waals surface area (Å²) in [5.74, 6) is -0.506. The Labute approximate surface area is 122 Å². The molecule has 2 rings (SSSR count). The summed E-state index contributed by atoms with van der Waals surface area (Å²) < 4.78 is 0. The van der Waals surface area contributed by atoms with Gasteiger partial charge in [0.25, 0.3) is 0 Å². The summed E-state index contributed by atoms with van der Waals surface area (Å²) in [6.07, 6.45) is 2.86. The lowest BCUT2D eigenvalue weighted by atomic mass is 9.95. The molecule has 5 nitrogen and oxygen atoms in total. The monoisotopic (exact) mass is 295 g/mol. The fraction of sp³-hybridized carbons (Fsp3) is 0.429. The van der Waals surface area contributed by atoms with Gasteiger partial charge in [0, 0.05) is 11.6 Å². The van der Waals surface area contributed by atoms with E-state index in [0.717, 1.165) is 19.3 Å². The van der Waals surface area contributed by atoms with Crippen molar-refractivity contribution in [3.63, 3.8) is 0 Å². The molecule has 0 aliphatic heterocycles. The normalized spacial score (nSPS) is 21.7. The number of nitrogens with one attached hydrogen (secondary N) is 1. The fourth-order valence-electron chi connectivity index (χ4n) is 2.69. The lowest BCUT2D eigenvalue weighted by molar-refractivity contribution is -0.120. The van der Waals surface area contributed by atoms with Gasteiger partial charge in [-0.2, -0.15) is 0 Å². The van der Waals surface area contributed by atoms with Crippen LogP contribution >= 0.6 is 11.6 Å². The summed E-state index contributed by atoms with van der Waals surface area (Å²) >= 11 is 5.87. The van der Waals surface area contributed by atoms with E-state index < -0.39 is 5.91 Å². The summed E-state index contributed by atoms with van der Waals surface area (Å²) in [5.41, 5.74) is 11.6. The molecule has 20 heavy (non-hydrogen) atoms. The van der Waals surface area contributed by atoms with E-state index in [0.29, 0.717) is 12.2 Å². The maximum absolute atomic E-state index is 12.2. The molecule has 1 aliphatic rings. The first-order valence-electron chi connectivity index (χ1n) is 6.63. The molecule has 0 radical (unpaired) electrons. The lowest BCUT2D eigenvalue weighted by Crippen LogP contribution is -2.29. The van der Waals surface area contributed by atoms with E-state index in [4.69, 9.17) is 23.1 Å². The molecule has 108 valence electrons. The molecule has 0 bridgehead atoms. The molecule has 0 aromatic heterocycles. The van der Waals surface area contributed by atoms with E-state index in [2.05, 4.69) is 5.32 Å². The van der Waals surface area contributed by atoms with E-state index in [1.807, 2.05) is 0 Å². The van der Waals surface area contributed by atoms with Crippen molar-refractivity contribution in [3.8, 4) is 0 Å². The van der Waals surface area contributed by atoms with Crippen molar-refractivity contribution in [3.05, 3.63) is 28.8 Å². The number of primary amides is 1. The first-order valence-corrected chi connectivity index (χ1v) is 7.01. The standard InChI is InChI=1S/C14H18ClN3O2/c15-12-5-4-9(6-11(12)13(17)19)18-14(20)10-3-1-2-8(10)7-16/h4-6,8,10H,1-3,7,16H2,(H2,17,19)(H,18,20). The highest BCUT2D eigenvalue weighted by molar-refractivity contribution is 6.34. The Balaban J connectivity index is 2.12. The highest BCUT2D eigenvalue weighted by Gasteiger charge is 2.31. The highest BCUT2D eigenvalue weighted by Crippen LogP contribution is 2.32. The van der Waals surface area contributed by atoms with Crippen LogP contribution in [0.4, 0.5) is 5.69 Å². The van der Waals surface area contributed by atoms with E-state index >= 15 is 0 Å². The minimum Gasteiger partial charge on any atom is -0.366 e. The smallest absolute Gasteiger partial charge is 0.250 e. The second-order valence-corrected chi connectivity index (χ2v) is 5.49. The van der Waals surface area contributed by atoms with Crippen LogP contribution in [0.3, 0.4) is 0 Å². The zero-order valence-corrected chi connectivity index (χ0v) is 11.8. The fourth-order valence-corrected chi connectivity index (χ4v) is 2.90. The molecule has 0 spiro atoms. The van der Waals surface area contributed by atoms with Crippen LogP contribution in [-0.4, -0.2) is 18.4 Å². The largest absolute Gasteiger partial charge is 0.366 e. The van der Waals surface area contributed by atoms with E-state index in [9.17, 15) is 9.59 Å². The van der Waals surface area contributed by atoms with Gasteiger partial charge in [0.2, 0.25) is 11.8 Å². The Kier molecular flexibility index (Phi) is 4.62. The number of benzene rings is 1. The number of amides is 2. The minimum atomic E-state index is -0.619. The SMILES string of the molecule is NCC1CCCC1C(=O)Nc1ccc(Cl)c(C(N)=O)c1. The van der Waals surface area contributed by atoms with Crippen molar-refractivity contribution in [2.24, 2.45) is 23.3 Å². The zero-order chi connectivity index (χ0) is 14.7. The zero-order valence-electron chi connectivity index (χ0n) is 11.1. The predicted octanol–water partition coefficient (Wildman–Crippen LogP) is 1.75. The molecule has 5 N–H and O–H groups in total. The van der Waals surface area contributed by atoms with Gasteiger partial charge in [0.15, 0.2) is 0 Å². The van der Waals surface area contributed by atoms with Crippen molar-refractivity contribution in [1.29, 1.82) is 0 Å². The van der Waals surface area contributed by atoms with Crippen LogP contribution in [0.5, 0.6) is 0 Å². The van der Waals surface area contributed by atoms with Crippen molar-refractivity contribution in [2.45, 2.75) is 19.3 Å². The molecule has 0 heterocycles. The predicted molar refractivity (Wildman–Crippen MR) is 78.5 cm³/mol. The van der Waals surface area contributed by atoms with Gasteiger partial charge in [-0.3, -0.25) is 9.59 Å². The average molecular weight is 296 g/mol. The Bertz CT molecular complexity index is 533. The van der Waals surface area contributed by atoms with E-state index in [-0.39, 0.29) is 28.3 Å². The summed E-state index contributed by atoms with van der Waals surface area (Å²) in [6, 6.07) is 4.69. The maximum Gasteiger partial charge on any atom is 0.250 e. The number of rotatable bonds is 4. The van der Waals surface area contributed by atoms with Gasteiger partial charge in [-0.05, 0) is 43.5 Å². The highest BCUT2D eigenvalue weighted by atomic mass is 35.5. The van der Waals surface area contributed by atoms with Crippen LogP contribution in [0.1, 0.15) is 29.6 Å². The average Bonchev–Trinajstić information content (AvgIpc) is 2.89. The third-order valence-corrected chi connectivity index (χ3v) is 4.13. The minimum absolute atomic E-state index is 0.0595. The van der Waals surface area contributed by atoms with Crippen LogP contribution < -0.4 is 16.8 Å². The molecule has 2 atom stereocenters. The van der Waals surface area contributed by atoms with Gasteiger partial charge in [0.05, 0.1) is 10.6 Å². The summed E-state index contributed by atoms with van der Waals surface area (Å²) in [7, 11) is 0. The Morgan fingerprint density at radius 1 is 1.35 bits per heavy atom. The van der Waals surface area contributed by atoms with Crippen LogP contribution in [0, 0.1) is 11.8 Å². The molecule has 6 heteroatoms. The number of hydrogen-bond donors (Lipinski definition) is 3. The third-order valence-electron chi connectivity index (χ3n) is 3.80. The van der Waals surface area contributed by atoms with Crippen LogP contribution in [0.25, 0.3) is 0 Å². The molecule has 1 fully saturated rings. The Hall–Kier alpha value is -1.59. The summed E-state index contributed by atoms with van der Waals surface area (Å²) in [6.45, 7) is 0.519. The number of carbonyl (C=O) groups is 2. The molecule has 1 aromatic rings. The van der Waals surface area contributed by atoms with Gasteiger partial charge < -0.3 is 16.8 Å². The molecule has 1 saturated carbocycles. The topological polar surface area (TPSA) is 98.2 Å². The quantitative estimate of drug-likeness (QED) is 0.789. The summed E-state index contributed by atoms with van der Waals surface area (Å²) in [5, 5.41) is 3.08. The molecular weight excluding hydrogens is 278 g/mol. The number of halogens is 1. The maximum atomic E-state index is 12.2. The van der Waals surface area contributed by atoms with Crippen molar-refractivity contribution in [2.75, 3.05) is 11.9 Å². The van der Waals surface area contributed by atoms with Gasteiger partial charge in [0.1, 0.15) is 0 Å². The van der Waals surface area contributed by atoms with E-state index in [1.54, 1.807) is 12.1 Å². The van der Waals surface area contributed by atoms with E-state index in [1.165, 1.54) is 6.07 Å². The molecule has 1 aromatic carbocycles. The number of anilines is 1. The molecular formula is C14H18ClN3O2. The number of hydrogen-bond acceptors (Lipinski definition) is 3. The van der Waals surface area contributed by atoms with Crippen LogP contribution in [0.2, 0.25) is 5.02 Å². The van der Waals surface area contributed by atoms with Gasteiger partial charge in [-0.15, -0.1) is 0 Å². The first kappa shape index (κ1) is 14.8. The Morgan fingerprint density at radius 2 is 2.10 bits per heavy atom. The Morgan fingerprint density at radius 3 is 2.75 bits per heavy atom. The van der Waals surface area contributed by atoms with Crippen molar-refractivity contribution >= 4 is 29.1 Å². The second-order valence-electron chi connectivity index (χ2n) is 5.08. The number of carbonyl (C=O) groups excluding carboxylic acids is 2. The first-order chi connectivity index (χ1) is 9.52. The third kappa shape index (κ3) is 3.11. The number of nitrogens with two attached hydrogens (primary N) is 2. The van der Waals surface area contributed by atoms with Crippen LogP contribution in [0.15, 0.2) is 18.2 Å². The van der Waals surface area contributed by atoms with Crippen molar-refractivity contribution in [1.82, 2.24) is 0 Å². The molecule has 2 unspecified atom stereocenters. The molecule has 0 saturated heterocycles. The molecule has 1 aliphatic carbocycles. The van der Waals surface area contributed by atoms with Gasteiger partial charge >= 0.3 is 0 Å². The van der Waals surface area contributed by atoms with Crippen molar-refractivity contribution < 1.29 is 9.59 Å². The lowest BCUT2D eigenvalue weighted by Gasteiger charge is -2.17. The second kappa shape index (κ2) is 6.24. The van der Waals surface area contributed by atoms with Crippen LogP contribution in [-0.2, 0) is 4.79 Å². The summed E-state index contributed by atoms with van der Waals surface area (Å²) in [4.78, 5) is 23.5.